The maximum Gasteiger partial charge on any atom is 0.238 e. The highest BCUT2D eigenvalue weighted by atomic mass is 32.2. The lowest BCUT2D eigenvalue weighted by Crippen LogP contribution is -2.11. The lowest BCUT2D eigenvalue weighted by molar-refractivity contribution is 0.598. The molecule has 140 valence electrons. The number of benzene rings is 1. The van der Waals surface area contributed by atoms with E-state index in [1.54, 1.807) is 12.1 Å². The molecule has 0 bridgehead atoms. The van der Waals surface area contributed by atoms with Crippen molar-refractivity contribution in [2.24, 2.45) is 5.14 Å². The average molecular weight is 392 g/mol. The summed E-state index contributed by atoms with van der Waals surface area (Å²) >= 11 is 0. The molecule has 0 spiro atoms. The molecule has 8 nitrogen and oxygen atoms in total. The minimum atomic E-state index is -3.73. The molecule has 0 saturated heterocycles. The monoisotopic (exact) mass is 392 g/mol. The molecular formula is C19H16N6O2S. The van der Waals surface area contributed by atoms with Gasteiger partial charge < -0.3 is 4.98 Å². The van der Waals surface area contributed by atoms with Crippen LogP contribution in [0.15, 0.2) is 53.9 Å². The first kappa shape index (κ1) is 17.0. The zero-order valence-electron chi connectivity index (χ0n) is 14.7. The predicted molar refractivity (Wildman–Crippen MR) is 104 cm³/mol. The van der Waals surface area contributed by atoms with Gasteiger partial charge in [-0.2, -0.15) is 0 Å². The number of sulfonamides is 1. The standard InChI is InChI=1S/C19H16N6O2S/c20-28(26,27)14-5-3-11(4-6-14)17-15-7-16(25-19(15)24-10-23-17)13-8-21-18(22-9-13)12-1-2-12/h3-10,12H,1-2H2,(H2,20,26,27)(H,23,24,25). The molecule has 3 N–H and O–H groups in total. The van der Waals surface area contributed by atoms with E-state index in [0.717, 1.165) is 40.9 Å². The third-order valence-electron chi connectivity index (χ3n) is 4.81. The number of H-pyrrole nitrogens is 1. The van der Waals surface area contributed by atoms with Gasteiger partial charge in [0.25, 0.3) is 0 Å². The highest BCUT2D eigenvalue weighted by Crippen LogP contribution is 2.38. The molecule has 0 amide bonds. The summed E-state index contributed by atoms with van der Waals surface area (Å²) in [6, 6.07) is 8.25. The van der Waals surface area contributed by atoms with Crippen LogP contribution in [0.4, 0.5) is 0 Å². The third-order valence-corrected chi connectivity index (χ3v) is 5.74. The predicted octanol–water partition coefficient (Wildman–Crippen LogP) is 2.61. The van der Waals surface area contributed by atoms with Gasteiger partial charge in [0.2, 0.25) is 10.0 Å². The van der Waals surface area contributed by atoms with Crippen LogP contribution in [-0.4, -0.2) is 33.3 Å². The van der Waals surface area contributed by atoms with Gasteiger partial charge in [-0.3, -0.25) is 0 Å². The Bertz CT molecular complexity index is 1280. The molecule has 1 fully saturated rings. The number of hydrogen-bond donors (Lipinski definition) is 2. The van der Waals surface area contributed by atoms with Crippen molar-refractivity contribution in [1.82, 2.24) is 24.9 Å². The molecule has 4 aromatic rings. The van der Waals surface area contributed by atoms with Gasteiger partial charge in [-0.15, -0.1) is 0 Å². The van der Waals surface area contributed by atoms with Crippen molar-refractivity contribution < 1.29 is 8.42 Å². The van der Waals surface area contributed by atoms with Gasteiger partial charge in [-0.1, -0.05) is 12.1 Å². The van der Waals surface area contributed by atoms with Crippen LogP contribution < -0.4 is 5.14 Å². The number of hydrogen-bond acceptors (Lipinski definition) is 6. The second-order valence-electron chi connectivity index (χ2n) is 6.84. The van der Waals surface area contributed by atoms with Crippen molar-refractivity contribution in [3.8, 4) is 22.5 Å². The van der Waals surface area contributed by atoms with Gasteiger partial charge >= 0.3 is 0 Å². The number of nitrogens with two attached hydrogens (primary N) is 1. The van der Waals surface area contributed by atoms with E-state index in [1.807, 2.05) is 18.5 Å². The maximum atomic E-state index is 11.5. The van der Waals surface area contributed by atoms with Crippen molar-refractivity contribution in [3.05, 3.63) is 54.9 Å². The number of rotatable bonds is 4. The molecule has 1 aliphatic carbocycles. The van der Waals surface area contributed by atoms with Crippen molar-refractivity contribution >= 4 is 21.1 Å². The van der Waals surface area contributed by atoms with Crippen LogP contribution in [0.5, 0.6) is 0 Å². The van der Waals surface area contributed by atoms with Crippen molar-refractivity contribution in [3.63, 3.8) is 0 Å². The van der Waals surface area contributed by atoms with E-state index in [1.165, 1.54) is 18.5 Å². The largest absolute Gasteiger partial charge is 0.339 e. The Hall–Kier alpha value is -3.17. The minimum absolute atomic E-state index is 0.0595. The molecule has 5 rings (SSSR count). The average Bonchev–Trinajstić information content (AvgIpc) is 3.45. The van der Waals surface area contributed by atoms with E-state index in [-0.39, 0.29) is 4.90 Å². The summed E-state index contributed by atoms with van der Waals surface area (Å²) < 4.78 is 22.9. The molecule has 1 aliphatic rings. The molecule has 1 aromatic carbocycles. The number of aromatic nitrogens is 5. The number of nitrogens with zero attached hydrogens (tertiary/aromatic N) is 4. The maximum absolute atomic E-state index is 11.5. The van der Waals surface area contributed by atoms with Gasteiger partial charge in [0.1, 0.15) is 17.8 Å². The number of fused-ring (bicyclic) bond motifs is 1. The molecule has 0 radical (unpaired) electrons. The molecule has 1 saturated carbocycles. The zero-order valence-corrected chi connectivity index (χ0v) is 15.5. The molecule has 28 heavy (non-hydrogen) atoms. The highest BCUT2D eigenvalue weighted by molar-refractivity contribution is 7.89. The van der Waals surface area contributed by atoms with Crippen molar-refractivity contribution in [1.29, 1.82) is 0 Å². The van der Waals surface area contributed by atoms with Crippen LogP contribution in [0, 0.1) is 0 Å². The van der Waals surface area contributed by atoms with Crippen LogP contribution in [0.2, 0.25) is 0 Å². The Morgan fingerprint density at radius 3 is 2.32 bits per heavy atom. The Morgan fingerprint density at radius 1 is 0.964 bits per heavy atom. The molecule has 9 heteroatoms. The van der Waals surface area contributed by atoms with Crippen LogP contribution in [0.3, 0.4) is 0 Å². The van der Waals surface area contributed by atoms with E-state index in [2.05, 4.69) is 24.9 Å². The normalized spacial score (nSPS) is 14.5. The lowest BCUT2D eigenvalue weighted by atomic mass is 10.1. The van der Waals surface area contributed by atoms with Gasteiger partial charge in [0.05, 0.1) is 16.3 Å². The molecule has 0 aliphatic heterocycles. The Balaban J connectivity index is 1.55. The lowest BCUT2D eigenvalue weighted by Gasteiger charge is -2.03. The van der Waals surface area contributed by atoms with Gasteiger partial charge in [0, 0.05) is 34.8 Å². The third kappa shape index (κ3) is 3.04. The molecule has 3 heterocycles. The summed E-state index contributed by atoms with van der Waals surface area (Å²) in [5.74, 6) is 1.41. The van der Waals surface area contributed by atoms with Crippen LogP contribution >= 0.6 is 0 Å². The Labute approximate surface area is 161 Å². The first-order chi connectivity index (χ1) is 13.5. The summed E-state index contributed by atoms with van der Waals surface area (Å²) in [6.45, 7) is 0. The molecular weight excluding hydrogens is 376 g/mol. The number of nitrogens with one attached hydrogen (secondary N) is 1. The van der Waals surface area contributed by atoms with Crippen molar-refractivity contribution in [2.45, 2.75) is 23.7 Å². The summed E-state index contributed by atoms with van der Waals surface area (Å²) in [6.07, 6.45) is 7.43. The summed E-state index contributed by atoms with van der Waals surface area (Å²) in [4.78, 5) is 20.9. The van der Waals surface area contributed by atoms with Crippen molar-refractivity contribution in [2.75, 3.05) is 0 Å². The van der Waals surface area contributed by atoms with E-state index >= 15 is 0 Å². The van der Waals surface area contributed by atoms with Gasteiger partial charge in [0.15, 0.2) is 0 Å². The summed E-state index contributed by atoms with van der Waals surface area (Å²) in [5.41, 5.74) is 3.87. The van der Waals surface area contributed by atoms with E-state index in [9.17, 15) is 8.42 Å². The smallest absolute Gasteiger partial charge is 0.238 e. The fraction of sp³-hybridized carbons (Fsp3) is 0.158. The first-order valence-electron chi connectivity index (χ1n) is 8.78. The second-order valence-corrected chi connectivity index (χ2v) is 8.40. The van der Waals surface area contributed by atoms with Crippen LogP contribution in [0.25, 0.3) is 33.5 Å². The summed E-state index contributed by atoms with van der Waals surface area (Å²) in [5, 5.41) is 5.99. The molecule has 0 atom stereocenters. The second kappa shape index (κ2) is 6.18. The van der Waals surface area contributed by atoms with Gasteiger partial charge in [-0.05, 0) is 31.0 Å². The topological polar surface area (TPSA) is 128 Å². The van der Waals surface area contributed by atoms with Crippen LogP contribution in [0.1, 0.15) is 24.6 Å². The SMILES string of the molecule is NS(=O)(=O)c1ccc(-c2ncnc3[nH]c(-c4cnc(C5CC5)nc4)cc23)cc1. The summed E-state index contributed by atoms with van der Waals surface area (Å²) in [7, 11) is -3.73. The highest BCUT2D eigenvalue weighted by Gasteiger charge is 2.26. The quantitative estimate of drug-likeness (QED) is 0.549. The van der Waals surface area contributed by atoms with Crippen LogP contribution in [-0.2, 0) is 10.0 Å². The number of aromatic amines is 1. The fourth-order valence-electron chi connectivity index (χ4n) is 3.16. The Kier molecular flexibility index (Phi) is 3.74. The number of primary sulfonamides is 1. The Morgan fingerprint density at radius 2 is 1.68 bits per heavy atom. The minimum Gasteiger partial charge on any atom is -0.339 e. The van der Waals surface area contributed by atoms with E-state index in [0.29, 0.717) is 17.3 Å². The fourth-order valence-corrected chi connectivity index (χ4v) is 3.67. The first-order valence-corrected chi connectivity index (χ1v) is 10.3. The van der Waals surface area contributed by atoms with Gasteiger partial charge in [-0.25, -0.2) is 33.5 Å². The molecule has 3 aromatic heterocycles. The van der Waals surface area contributed by atoms with E-state index < -0.39 is 10.0 Å². The zero-order chi connectivity index (χ0) is 19.3. The van der Waals surface area contributed by atoms with E-state index in [4.69, 9.17) is 5.14 Å². The molecule has 0 unspecified atom stereocenters.